The number of halogens is 1. The topological polar surface area (TPSA) is 72.4 Å². The van der Waals surface area contributed by atoms with E-state index in [1.54, 1.807) is 25.3 Å². The molecule has 0 fully saturated rings. The maximum Gasteiger partial charge on any atom is 0.257 e. The van der Waals surface area contributed by atoms with Crippen LogP contribution in [0.1, 0.15) is 29.8 Å². The molecule has 0 atom stereocenters. The molecule has 0 bridgehead atoms. The smallest absolute Gasteiger partial charge is 0.257 e. The van der Waals surface area contributed by atoms with Crippen molar-refractivity contribution in [1.82, 2.24) is 9.88 Å². The first-order chi connectivity index (χ1) is 14.4. The van der Waals surface area contributed by atoms with E-state index in [-0.39, 0.29) is 17.7 Å². The van der Waals surface area contributed by atoms with Crippen LogP contribution in [0.5, 0.6) is 0 Å². The van der Waals surface area contributed by atoms with Crippen LogP contribution in [-0.2, 0) is 22.6 Å². The second-order valence-electron chi connectivity index (χ2n) is 7.42. The van der Waals surface area contributed by atoms with Crippen molar-refractivity contribution in [2.45, 2.75) is 26.9 Å². The Bertz CT molecular complexity index is 1060. The molecule has 2 aromatic carbocycles. The predicted molar refractivity (Wildman–Crippen MR) is 120 cm³/mol. The van der Waals surface area contributed by atoms with Gasteiger partial charge in [0.25, 0.3) is 5.91 Å². The molecule has 0 unspecified atom stereocenters. The maximum atomic E-state index is 12.8. The first kappa shape index (κ1) is 21.9. The number of nitrogens with one attached hydrogen (secondary N) is 2. The first-order valence-corrected chi connectivity index (χ1v) is 10.2. The third-order valence-electron chi connectivity index (χ3n) is 4.83. The Labute approximate surface area is 181 Å². The normalized spacial score (nSPS) is 11.1. The Morgan fingerprint density at radius 1 is 1.13 bits per heavy atom. The van der Waals surface area contributed by atoms with Crippen LogP contribution < -0.4 is 10.6 Å². The number of fused-ring (bicyclic) bond motifs is 1. The van der Waals surface area contributed by atoms with Gasteiger partial charge in [-0.05, 0) is 42.0 Å². The molecular weight excluding hydrogens is 402 g/mol. The molecule has 2 N–H and O–H groups in total. The van der Waals surface area contributed by atoms with Crippen molar-refractivity contribution >= 4 is 40.0 Å². The highest BCUT2D eigenvalue weighted by atomic mass is 35.5. The zero-order valence-electron chi connectivity index (χ0n) is 17.4. The Hall–Kier alpha value is -2.83. The van der Waals surface area contributed by atoms with Gasteiger partial charge in [-0.1, -0.05) is 31.5 Å². The summed E-state index contributed by atoms with van der Waals surface area (Å²) >= 11 is 6.25. The monoisotopic (exact) mass is 427 g/mol. The molecule has 0 aliphatic carbocycles. The van der Waals surface area contributed by atoms with E-state index in [0.717, 1.165) is 23.0 Å². The molecule has 7 heteroatoms. The van der Waals surface area contributed by atoms with Gasteiger partial charge in [0, 0.05) is 48.9 Å². The molecule has 0 radical (unpaired) electrons. The summed E-state index contributed by atoms with van der Waals surface area (Å²) in [6.07, 6.45) is 2.00. The minimum Gasteiger partial charge on any atom is -0.383 e. The molecule has 0 aliphatic heterocycles. The van der Waals surface area contributed by atoms with Crippen LogP contribution >= 0.6 is 11.6 Å². The zero-order chi connectivity index (χ0) is 21.7. The third-order valence-corrected chi connectivity index (χ3v) is 5.16. The number of amides is 2. The second-order valence-corrected chi connectivity index (χ2v) is 7.82. The summed E-state index contributed by atoms with van der Waals surface area (Å²) < 4.78 is 7.25. The number of nitrogens with zero attached hydrogens (tertiary/aromatic N) is 1. The lowest BCUT2D eigenvalue weighted by atomic mass is 10.1. The minimum absolute atomic E-state index is 0.0401. The van der Waals surface area contributed by atoms with Gasteiger partial charge in [-0.25, -0.2) is 0 Å². The van der Waals surface area contributed by atoms with Crippen LogP contribution in [0, 0.1) is 5.92 Å². The summed E-state index contributed by atoms with van der Waals surface area (Å²) in [5.74, 6) is -0.434. The van der Waals surface area contributed by atoms with E-state index in [2.05, 4.69) is 15.2 Å². The molecular formula is C23H26ClN3O3. The Morgan fingerprint density at radius 2 is 1.93 bits per heavy atom. The Balaban J connectivity index is 1.73. The van der Waals surface area contributed by atoms with Crippen molar-refractivity contribution in [2.75, 3.05) is 19.0 Å². The average molecular weight is 428 g/mol. The fraction of sp³-hybridized carbons (Fsp3) is 0.304. The van der Waals surface area contributed by atoms with Crippen molar-refractivity contribution in [1.29, 1.82) is 0 Å². The highest BCUT2D eigenvalue weighted by Gasteiger charge is 2.13. The van der Waals surface area contributed by atoms with Gasteiger partial charge < -0.3 is 19.9 Å². The second kappa shape index (κ2) is 9.78. The maximum absolute atomic E-state index is 12.8. The summed E-state index contributed by atoms with van der Waals surface area (Å²) in [5, 5.41) is 7.14. The van der Waals surface area contributed by atoms with Crippen molar-refractivity contribution in [3.05, 3.63) is 64.8 Å². The Morgan fingerprint density at radius 3 is 2.67 bits per heavy atom. The lowest BCUT2D eigenvalue weighted by molar-refractivity contribution is -0.124. The van der Waals surface area contributed by atoms with Crippen LogP contribution in [0.3, 0.4) is 0 Å². The average Bonchev–Trinajstić information content (AvgIpc) is 3.13. The molecule has 1 aromatic heterocycles. The van der Waals surface area contributed by atoms with Crippen molar-refractivity contribution in [3.8, 4) is 0 Å². The van der Waals surface area contributed by atoms with Crippen molar-refractivity contribution in [3.63, 3.8) is 0 Å². The molecule has 158 valence electrons. The number of ether oxygens (including phenoxy) is 1. The van der Waals surface area contributed by atoms with Crippen LogP contribution in [0.4, 0.5) is 5.69 Å². The number of benzene rings is 2. The summed E-state index contributed by atoms with van der Waals surface area (Å²) in [5.41, 5.74) is 2.94. The van der Waals surface area contributed by atoms with Gasteiger partial charge in [0.2, 0.25) is 5.91 Å². The van der Waals surface area contributed by atoms with Gasteiger partial charge in [0.05, 0.1) is 17.2 Å². The number of hydrogen-bond donors (Lipinski definition) is 2. The number of anilines is 1. The molecule has 0 aliphatic rings. The summed E-state index contributed by atoms with van der Waals surface area (Å²) in [7, 11) is 1.68. The van der Waals surface area contributed by atoms with Gasteiger partial charge in [-0.15, -0.1) is 0 Å². The molecule has 2 amide bonds. The summed E-state index contributed by atoms with van der Waals surface area (Å²) in [6, 6.07) is 13.0. The number of carbonyl (C=O) groups excluding carboxylic acids is 2. The minimum atomic E-state index is -0.296. The molecule has 3 aromatic rings. The fourth-order valence-electron chi connectivity index (χ4n) is 3.11. The van der Waals surface area contributed by atoms with Crippen LogP contribution in [0.2, 0.25) is 5.02 Å². The third kappa shape index (κ3) is 5.20. The van der Waals surface area contributed by atoms with Crippen LogP contribution in [0.25, 0.3) is 10.9 Å². The van der Waals surface area contributed by atoms with Gasteiger partial charge in [0.1, 0.15) is 0 Å². The number of methoxy groups -OCH3 is 1. The van der Waals surface area contributed by atoms with E-state index in [4.69, 9.17) is 16.3 Å². The van der Waals surface area contributed by atoms with Gasteiger partial charge >= 0.3 is 0 Å². The fourth-order valence-corrected chi connectivity index (χ4v) is 3.31. The van der Waals surface area contributed by atoms with Crippen LogP contribution in [0.15, 0.2) is 48.7 Å². The molecule has 0 spiro atoms. The first-order valence-electron chi connectivity index (χ1n) is 9.84. The molecule has 0 saturated heterocycles. The van der Waals surface area contributed by atoms with Crippen molar-refractivity contribution in [2.24, 2.45) is 5.92 Å². The van der Waals surface area contributed by atoms with E-state index < -0.39 is 0 Å². The Kier molecular flexibility index (Phi) is 7.13. The van der Waals surface area contributed by atoms with E-state index in [9.17, 15) is 9.59 Å². The SMILES string of the molecule is COCCn1ccc2cc(NC(=O)c3cc(CNC(=O)C(C)C)ccc3Cl)ccc21. The predicted octanol–water partition coefficient (Wildman–Crippen LogP) is 4.47. The number of hydrogen-bond acceptors (Lipinski definition) is 3. The molecule has 1 heterocycles. The van der Waals surface area contributed by atoms with E-state index >= 15 is 0 Å². The largest absolute Gasteiger partial charge is 0.383 e. The highest BCUT2D eigenvalue weighted by molar-refractivity contribution is 6.34. The number of carbonyl (C=O) groups is 2. The van der Waals surface area contributed by atoms with E-state index in [1.807, 2.05) is 44.3 Å². The van der Waals surface area contributed by atoms with Crippen LogP contribution in [-0.4, -0.2) is 30.1 Å². The molecule has 30 heavy (non-hydrogen) atoms. The summed E-state index contributed by atoms with van der Waals surface area (Å²) in [4.78, 5) is 24.6. The number of aromatic nitrogens is 1. The van der Waals surface area contributed by atoms with Gasteiger partial charge in [-0.3, -0.25) is 9.59 Å². The molecule has 0 saturated carbocycles. The van der Waals surface area contributed by atoms with Crippen molar-refractivity contribution < 1.29 is 14.3 Å². The highest BCUT2D eigenvalue weighted by Crippen LogP contribution is 2.23. The zero-order valence-corrected chi connectivity index (χ0v) is 18.1. The lowest BCUT2D eigenvalue weighted by Gasteiger charge is -2.11. The van der Waals surface area contributed by atoms with Gasteiger partial charge in [0.15, 0.2) is 0 Å². The summed E-state index contributed by atoms with van der Waals surface area (Å²) in [6.45, 7) is 5.41. The number of rotatable bonds is 8. The standard InChI is InChI=1S/C23H26ClN3O3/c1-15(2)22(28)25-14-16-4-6-20(24)19(12-16)23(29)26-18-5-7-21-17(13-18)8-9-27(21)10-11-30-3/h4-9,12-13,15H,10-11,14H2,1-3H3,(H,25,28)(H,26,29). The van der Waals surface area contributed by atoms with Gasteiger partial charge in [-0.2, -0.15) is 0 Å². The molecule has 3 rings (SSSR count). The van der Waals surface area contributed by atoms with E-state index in [1.165, 1.54) is 0 Å². The quantitative estimate of drug-likeness (QED) is 0.557. The van der Waals surface area contributed by atoms with E-state index in [0.29, 0.717) is 29.4 Å². The lowest BCUT2D eigenvalue weighted by Crippen LogP contribution is -2.27. The molecule has 6 nitrogen and oxygen atoms in total.